The van der Waals surface area contributed by atoms with Gasteiger partial charge in [0.2, 0.25) is 5.88 Å². The molecular formula is C13H14N4O2. The molecule has 0 atom stereocenters. The zero-order chi connectivity index (χ0) is 13.7. The Morgan fingerprint density at radius 1 is 1.42 bits per heavy atom. The highest BCUT2D eigenvalue weighted by Crippen LogP contribution is 2.14. The van der Waals surface area contributed by atoms with Crippen molar-refractivity contribution in [1.82, 2.24) is 15.2 Å². The fourth-order valence-electron chi connectivity index (χ4n) is 1.54. The van der Waals surface area contributed by atoms with Crippen LogP contribution in [0.25, 0.3) is 0 Å². The van der Waals surface area contributed by atoms with Crippen LogP contribution >= 0.6 is 0 Å². The van der Waals surface area contributed by atoms with Gasteiger partial charge in [0.05, 0.1) is 13.3 Å². The number of hydrogen-bond donors (Lipinski definition) is 1. The second-order valence-electron chi connectivity index (χ2n) is 3.84. The van der Waals surface area contributed by atoms with E-state index in [1.54, 1.807) is 19.5 Å². The first-order chi connectivity index (χ1) is 9.20. The molecule has 0 spiro atoms. The number of amides is 1. The Kier molecular flexibility index (Phi) is 3.92. The van der Waals surface area contributed by atoms with Gasteiger partial charge in [-0.15, -0.1) is 5.10 Å². The molecule has 6 nitrogen and oxygen atoms in total. The standard InChI is InChI=1S/C13H14N4O2/c1-17-9-11(13(16-17)19-2)12(18)15-14-8-10-6-4-3-5-7-10/h3-9H,1-2H3,(H,15,18)/b14-8-. The predicted octanol–water partition coefficient (Wildman–Crippen LogP) is 1.19. The van der Waals surface area contributed by atoms with E-state index in [0.717, 1.165) is 5.56 Å². The molecule has 0 saturated carbocycles. The second-order valence-corrected chi connectivity index (χ2v) is 3.84. The molecule has 0 aliphatic rings. The summed E-state index contributed by atoms with van der Waals surface area (Å²) < 4.78 is 6.52. The molecule has 0 unspecified atom stereocenters. The maximum Gasteiger partial charge on any atom is 0.278 e. The minimum Gasteiger partial charge on any atom is -0.479 e. The first kappa shape index (κ1) is 12.8. The van der Waals surface area contributed by atoms with Crippen LogP contribution in [0.4, 0.5) is 0 Å². The van der Waals surface area contributed by atoms with Crippen molar-refractivity contribution >= 4 is 12.1 Å². The monoisotopic (exact) mass is 258 g/mol. The number of benzene rings is 1. The zero-order valence-corrected chi connectivity index (χ0v) is 10.7. The van der Waals surface area contributed by atoms with E-state index in [1.807, 2.05) is 30.3 Å². The molecule has 1 amide bonds. The molecule has 0 saturated heterocycles. The molecule has 0 fully saturated rings. The average molecular weight is 258 g/mol. The third-order valence-electron chi connectivity index (χ3n) is 2.41. The van der Waals surface area contributed by atoms with E-state index in [1.165, 1.54) is 11.8 Å². The van der Waals surface area contributed by atoms with Crippen LogP contribution in [-0.2, 0) is 7.05 Å². The first-order valence-corrected chi connectivity index (χ1v) is 5.67. The van der Waals surface area contributed by atoms with Gasteiger partial charge in [-0.2, -0.15) is 5.10 Å². The van der Waals surface area contributed by atoms with Gasteiger partial charge >= 0.3 is 0 Å². The van der Waals surface area contributed by atoms with Gasteiger partial charge in [-0.05, 0) is 5.56 Å². The lowest BCUT2D eigenvalue weighted by Crippen LogP contribution is -2.17. The molecule has 2 aromatic rings. The summed E-state index contributed by atoms with van der Waals surface area (Å²) in [6.07, 6.45) is 3.15. The molecule has 0 aliphatic carbocycles. The Bertz CT molecular complexity index is 590. The number of nitrogens with zero attached hydrogens (tertiary/aromatic N) is 3. The summed E-state index contributed by atoms with van der Waals surface area (Å²) >= 11 is 0. The van der Waals surface area contributed by atoms with Gasteiger partial charge < -0.3 is 4.74 Å². The van der Waals surface area contributed by atoms with Crippen LogP contribution in [0, 0.1) is 0 Å². The summed E-state index contributed by atoms with van der Waals surface area (Å²) in [5.41, 5.74) is 3.68. The van der Waals surface area contributed by atoms with Crippen molar-refractivity contribution in [3.05, 3.63) is 47.7 Å². The van der Waals surface area contributed by atoms with Crippen LogP contribution in [0.2, 0.25) is 0 Å². The maximum atomic E-state index is 11.9. The van der Waals surface area contributed by atoms with E-state index in [2.05, 4.69) is 15.6 Å². The molecule has 0 bridgehead atoms. The molecule has 1 aromatic heterocycles. The molecule has 1 aromatic carbocycles. The van der Waals surface area contributed by atoms with Crippen molar-refractivity contribution in [2.24, 2.45) is 12.1 Å². The SMILES string of the molecule is COc1nn(C)cc1C(=O)N/N=C\c1ccccc1. The number of nitrogens with one attached hydrogen (secondary N) is 1. The lowest BCUT2D eigenvalue weighted by atomic mass is 10.2. The molecule has 0 radical (unpaired) electrons. The summed E-state index contributed by atoms with van der Waals surface area (Å²) in [5, 5.41) is 7.88. The van der Waals surface area contributed by atoms with Crippen LogP contribution in [0.15, 0.2) is 41.6 Å². The number of methoxy groups -OCH3 is 1. The third kappa shape index (κ3) is 3.19. The molecule has 98 valence electrons. The van der Waals surface area contributed by atoms with Crippen LogP contribution in [0.3, 0.4) is 0 Å². The van der Waals surface area contributed by atoms with E-state index in [4.69, 9.17) is 4.74 Å². The van der Waals surface area contributed by atoms with E-state index in [9.17, 15) is 4.79 Å². The van der Waals surface area contributed by atoms with E-state index in [0.29, 0.717) is 5.56 Å². The van der Waals surface area contributed by atoms with Crippen molar-refractivity contribution < 1.29 is 9.53 Å². The van der Waals surface area contributed by atoms with Crippen LogP contribution in [-0.4, -0.2) is 29.0 Å². The Morgan fingerprint density at radius 2 is 2.16 bits per heavy atom. The van der Waals surface area contributed by atoms with Crippen LogP contribution in [0.1, 0.15) is 15.9 Å². The number of aryl methyl sites for hydroxylation is 1. The minimum absolute atomic E-state index is 0.273. The van der Waals surface area contributed by atoms with E-state index in [-0.39, 0.29) is 11.8 Å². The number of carbonyl (C=O) groups excluding carboxylic acids is 1. The number of ether oxygens (including phenoxy) is 1. The highest BCUT2D eigenvalue weighted by molar-refractivity contribution is 5.96. The van der Waals surface area contributed by atoms with Crippen LogP contribution in [0.5, 0.6) is 5.88 Å². The number of hydrogen-bond acceptors (Lipinski definition) is 4. The Labute approximate surface area is 110 Å². The predicted molar refractivity (Wildman–Crippen MR) is 71.3 cm³/mol. The molecule has 1 heterocycles. The molecule has 19 heavy (non-hydrogen) atoms. The summed E-state index contributed by atoms with van der Waals surface area (Å²) in [7, 11) is 3.18. The fourth-order valence-corrected chi connectivity index (χ4v) is 1.54. The van der Waals surface area contributed by atoms with E-state index >= 15 is 0 Å². The summed E-state index contributed by atoms with van der Waals surface area (Å²) in [6.45, 7) is 0. The van der Waals surface area contributed by atoms with Gasteiger partial charge in [-0.1, -0.05) is 30.3 Å². The normalized spacial score (nSPS) is 10.6. The maximum absolute atomic E-state index is 11.9. The van der Waals surface area contributed by atoms with Crippen molar-refractivity contribution in [2.45, 2.75) is 0 Å². The van der Waals surface area contributed by atoms with Crippen molar-refractivity contribution in [1.29, 1.82) is 0 Å². The lowest BCUT2D eigenvalue weighted by Gasteiger charge is -1.98. The summed E-state index contributed by atoms with van der Waals surface area (Å²) in [5.74, 6) is -0.0907. The molecule has 6 heteroatoms. The lowest BCUT2D eigenvalue weighted by molar-refractivity contribution is 0.0952. The smallest absolute Gasteiger partial charge is 0.278 e. The number of rotatable bonds is 4. The zero-order valence-electron chi connectivity index (χ0n) is 10.7. The van der Waals surface area contributed by atoms with Gasteiger partial charge in [0.25, 0.3) is 5.91 Å². The minimum atomic E-state index is -0.364. The highest BCUT2D eigenvalue weighted by atomic mass is 16.5. The summed E-state index contributed by atoms with van der Waals surface area (Å²) in [4.78, 5) is 11.9. The Morgan fingerprint density at radius 3 is 2.84 bits per heavy atom. The third-order valence-corrected chi connectivity index (χ3v) is 2.41. The Hall–Kier alpha value is -2.63. The van der Waals surface area contributed by atoms with Crippen LogP contribution < -0.4 is 10.2 Å². The van der Waals surface area contributed by atoms with Crippen molar-refractivity contribution in [3.63, 3.8) is 0 Å². The fraction of sp³-hybridized carbons (Fsp3) is 0.154. The van der Waals surface area contributed by atoms with E-state index < -0.39 is 0 Å². The van der Waals surface area contributed by atoms with Gasteiger partial charge in [-0.3, -0.25) is 9.48 Å². The van der Waals surface area contributed by atoms with Gasteiger partial charge in [0.1, 0.15) is 5.56 Å². The summed E-state index contributed by atoms with van der Waals surface area (Å²) in [6, 6.07) is 9.48. The Balaban J connectivity index is 2.03. The molecule has 2 rings (SSSR count). The number of carbonyl (C=O) groups is 1. The van der Waals surface area contributed by atoms with Crippen molar-refractivity contribution in [2.75, 3.05) is 7.11 Å². The molecular weight excluding hydrogens is 244 g/mol. The van der Waals surface area contributed by atoms with Gasteiger partial charge in [0, 0.05) is 13.2 Å². The molecule has 1 N–H and O–H groups in total. The quantitative estimate of drug-likeness (QED) is 0.661. The second kappa shape index (κ2) is 5.81. The molecule has 0 aliphatic heterocycles. The number of hydrazone groups is 1. The average Bonchev–Trinajstić information content (AvgIpc) is 2.81. The highest BCUT2D eigenvalue weighted by Gasteiger charge is 2.15. The van der Waals surface area contributed by atoms with Gasteiger partial charge in [0.15, 0.2) is 0 Å². The topological polar surface area (TPSA) is 68.5 Å². The van der Waals surface area contributed by atoms with Crippen molar-refractivity contribution in [3.8, 4) is 5.88 Å². The first-order valence-electron chi connectivity index (χ1n) is 5.67. The largest absolute Gasteiger partial charge is 0.479 e. The van der Waals surface area contributed by atoms with Gasteiger partial charge in [-0.25, -0.2) is 5.43 Å². The number of aromatic nitrogens is 2.